The molecule has 13 nitrogen and oxygen atoms in total. The molecule has 0 unspecified atom stereocenters. The van der Waals surface area contributed by atoms with Crippen LogP contribution in [0.25, 0.3) is 22.1 Å². The average Bonchev–Trinajstić information content (AvgIpc) is 3.68. The Morgan fingerprint density at radius 2 is 1.19 bits per heavy atom. The monoisotopic (exact) mass is 887 g/mol. The number of hydrogen-bond donors (Lipinski definition) is 1. The van der Waals surface area contributed by atoms with Crippen molar-refractivity contribution in [2.75, 3.05) is 0 Å². The summed E-state index contributed by atoms with van der Waals surface area (Å²) in [6.07, 6.45) is 6.66. The van der Waals surface area contributed by atoms with Gasteiger partial charge in [0.25, 0.3) is 9.05 Å². The topological polar surface area (TPSA) is 206 Å². The number of sulfone groups is 1. The van der Waals surface area contributed by atoms with Crippen molar-refractivity contribution < 1.29 is 65.4 Å². The molecule has 52 heavy (non-hydrogen) atoms. The number of rotatable bonds is 5. The molecule has 0 amide bonds. The Bertz CT molecular complexity index is 2520. The Labute approximate surface area is 316 Å². The molecule has 0 saturated heterocycles. The van der Waals surface area contributed by atoms with E-state index in [9.17, 15) is 30.0 Å². The molecule has 0 atom stereocenters. The van der Waals surface area contributed by atoms with Crippen molar-refractivity contribution in [1.82, 2.24) is 19.1 Å². The van der Waals surface area contributed by atoms with Gasteiger partial charge in [-0.3, -0.25) is 4.55 Å². The molecule has 4 aromatic heterocycles. The maximum atomic E-state index is 12.7. The van der Waals surface area contributed by atoms with Gasteiger partial charge in [-0.2, -0.15) is 32.1 Å². The summed E-state index contributed by atoms with van der Waals surface area (Å²) in [6, 6.07) is 29.4. The van der Waals surface area contributed by atoms with Gasteiger partial charge >= 0.3 is 15.6 Å². The first-order chi connectivity index (χ1) is 23.9. The van der Waals surface area contributed by atoms with Gasteiger partial charge in [-0.15, -0.1) is 0 Å². The summed E-state index contributed by atoms with van der Waals surface area (Å²) >= 11 is 0. The fraction of sp³-hybridized carbons (Fsp3) is 0.0968. The molecular formula is C31H24AgClF3N6O7S3. The van der Waals surface area contributed by atoms with E-state index in [0.717, 1.165) is 11.0 Å². The zero-order valence-corrected chi connectivity index (χ0v) is 30.7. The minimum Gasteiger partial charge on any atom is -0.319 e. The van der Waals surface area contributed by atoms with Crippen LogP contribution in [0.15, 0.2) is 130 Å². The molecular weight excluding hydrogens is 865 g/mol. The van der Waals surface area contributed by atoms with Crippen molar-refractivity contribution in [3.63, 3.8) is 0 Å². The minimum absolute atomic E-state index is 0. The Hall–Kier alpha value is -4.57. The van der Waals surface area contributed by atoms with Crippen LogP contribution in [0.5, 0.6) is 0 Å². The number of hydrogen-bond acceptors (Lipinski definition) is 10. The van der Waals surface area contributed by atoms with Gasteiger partial charge < -0.3 is 9.13 Å². The smallest absolute Gasteiger partial charge is 0.319 e. The van der Waals surface area contributed by atoms with Crippen LogP contribution < -0.4 is 0 Å². The molecule has 1 radical (unpaired) electrons. The first-order valence-electron chi connectivity index (χ1n) is 13.8. The maximum absolute atomic E-state index is 12.7. The Balaban J connectivity index is 0.000000259. The third-order valence-electron chi connectivity index (χ3n) is 6.26. The van der Waals surface area contributed by atoms with Crippen LogP contribution >= 0.6 is 10.7 Å². The van der Waals surface area contributed by atoms with Crippen LogP contribution in [0.4, 0.5) is 13.2 Å². The van der Waals surface area contributed by atoms with Crippen LogP contribution in [0.1, 0.15) is 0 Å². The zero-order chi connectivity index (χ0) is 37.9. The van der Waals surface area contributed by atoms with Gasteiger partial charge in [0, 0.05) is 68.6 Å². The van der Waals surface area contributed by atoms with Crippen LogP contribution in [-0.4, -0.2) is 54.4 Å². The Kier molecular flexibility index (Phi) is 15.7. The maximum Gasteiger partial charge on any atom is 0.522 e. The quantitative estimate of drug-likeness (QED) is 0.0926. The third-order valence-corrected chi connectivity index (χ3v) is 10.0. The van der Waals surface area contributed by atoms with E-state index in [1.54, 1.807) is 77.6 Å². The molecule has 0 aliphatic carbocycles. The van der Waals surface area contributed by atoms with Gasteiger partial charge in [-0.05, 0) is 54.6 Å². The normalized spacial score (nSPS) is 11.2. The average molecular weight is 889 g/mol. The summed E-state index contributed by atoms with van der Waals surface area (Å²) in [5, 5.41) is 19.0. The van der Waals surface area contributed by atoms with Crippen molar-refractivity contribution in [2.45, 2.75) is 33.3 Å². The number of pyridine rings is 2. The van der Waals surface area contributed by atoms with Crippen molar-refractivity contribution in [2.24, 2.45) is 0 Å². The number of nitrogens with zero attached hydrogens (tertiary/aromatic N) is 6. The molecule has 0 aliphatic heterocycles. The number of fused-ring (bicyclic) bond motifs is 2. The summed E-state index contributed by atoms with van der Waals surface area (Å²) < 4.78 is 108. The molecule has 2 aromatic carbocycles. The fourth-order valence-corrected chi connectivity index (χ4v) is 6.31. The van der Waals surface area contributed by atoms with Crippen LogP contribution in [0.2, 0.25) is 0 Å². The summed E-state index contributed by atoms with van der Waals surface area (Å²) in [4.78, 5) is 8.88. The van der Waals surface area contributed by atoms with Gasteiger partial charge in [0.2, 0.25) is 9.84 Å². The third kappa shape index (κ3) is 11.7. The molecule has 21 heteroatoms. The van der Waals surface area contributed by atoms with Crippen molar-refractivity contribution in [1.29, 1.82) is 10.5 Å². The summed E-state index contributed by atoms with van der Waals surface area (Å²) in [7, 11) is -7.97. The van der Waals surface area contributed by atoms with E-state index in [1.165, 1.54) is 18.3 Å². The molecule has 1 N–H and O–H groups in total. The molecule has 6 aromatic rings. The van der Waals surface area contributed by atoms with Crippen molar-refractivity contribution in [3.8, 4) is 12.1 Å². The van der Waals surface area contributed by atoms with E-state index in [-0.39, 0.29) is 43.6 Å². The van der Waals surface area contributed by atoms with Gasteiger partial charge in [0.05, 0.1) is 26.8 Å². The second kappa shape index (κ2) is 18.8. The molecule has 0 spiro atoms. The molecule has 0 aliphatic rings. The van der Waals surface area contributed by atoms with Gasteiger partial charge in [-0.1, -0.05) is 36.4 Å². The predicted octanol–water partition coefficient (Wildman–Crippen LogP) is 5.96. The molecule has 277 valence electrons. The van der Waals surface area contributed by atoms with E-state index in [1.807, 2.05) is 35.0 Å². The number of halogens is 4. The van der Waals surface area contributed by atoms with E-state index < -0.39 is 34.5 Å². The van der Waals surface area contributed by atoms with E-state index in [0.29, 0.717) is 17.6 Å². The largest absolute Gasteiger partial charge is 0.522 e. The van der Waals surface area contributed by atoms with E-state index in [4.69, 9.17) is 34.2 Å². The van der Waals surface area contributed by atoms with E-state index >= 15 is 0 Å². The van der Waals surface area contributed by atoms with Crippen molar-refractivity contribution >= 4 is 61.8 Å². The summed E-state index contributed by atoms with van der Waals surface area (Å²) in [6.45, 7) is 0.415. The minimum atomic E-state index is -5.84. The first-order valence-corrected chi connectivity index (χ1v) is 19.1. The second-order valence-electron chi connectivity index (χ2n) is 9.66. The molecule has 0 bridgehead atoms. The van der Waals surface area contributed by atoms with Crippen molar-refractivity contribution in [3.05, 3.63) is 116 Å². The Morgan fingerprint density at radius 1 is 0.712 bits per heavy atom. The van der Waals surface area contributed by atoms with Gasteiger partial charge in [0.1, 0.15) is 24.4 Å². The predicted molar refractivity (Wildman–Crippen MR) is 180 cm³/mol. The SMILES string of the molecule is N#CCn1cc(S(=O)(=O)c2ccccc2)c2cccnc21.N#CCn1ccc2cccnc21.O=S(=O)(Cl)c1ccccc1.O=S(=O)(O)C(F)(F)F.[Ag]. The van der Waals surface area contributed by atoms with Crippen LogP contribution in [-0.2, 0) is 64.5 Å². The number of nitriles is 2. The molecule has 0 fully saturated rings. The molecule has 4 heterocycles. The summed E-state index contributed by atoms with van der Waals surface area (Å²) in [5.74, 6) is 0. The second-order valence-corrected chi connectivity index (χ2v) is 15.6. The van der Waals surface area contributed by atoms with E-state index in [2.05, 4.69) is 16.0 Å². The first kappa shape index (κ1) is 43.6. The van der Waals surface area contributed by atoms with Gasteiger partial charge in [-0.25, -0.2) is 26.8 Å². The van der Waals surface area contributed by atoms with Crippen LogP contribution in [0, 0.1) is 22.7 Å². The number of benzene rings is 2. The van der Waals surface area contributed by atoms with Crippen LogP contribution in [0.3, 0.4) is 0 Å². The molecule has 6 rings (SSSR count). The number of aromatic nitrogens is 4. The summed E-state index contributed by atoms with van der Waals surface area (Å²) in [5.41, 5.74) is -4.17. The standard InChI is InChI=1S/C15H11N3O2S.C9H7N3.C6H5ClO2S.CHF3O3S.Ag/c16-8-10-18-11-14(13-7-4-9-17-15(13)18)21(19,20)12-5-2-1-3-6-12;10-4-7-12-6-3-8-2-1-5-11-9(8)12;7-10(8,9)6-4-2-1-3-5-6;2-1(3,4)8(5,6)7;/h1-7,9,11H,10H2;1-3,5-6H,7H2;1-5H;(H,5,6,7);. The Morgan fingerprint density at radius 3 is 1.67 bits per heavy atom. The molecule has 0 saturated carbocycles. The zero-order valence-electron chi connectivity index (χ0n) is 26.0. The number of alkyl halides is 3. The van der Waals surface area contributed by atoms with Gasteiger partial charge in [0.15, 0.2) is 0 Å². The fourth-order valence-electron chi connectivity index (χ4n) is 4.04.